The van der Waals surface area contributed by atoms with Gasteiger partial charge in [0, 0.05) is 6.54 Å². The lowest BCUT2D eigenvalue weighted by atomic mass is 9.75. The molecule has 2 rings (SSSR count). The van der Waals surface area contributed by atoms with Gasteiger partial charge in [-0.05, 0) is 18.8 Å². The summed E-state index contributed by atoms with van der Waals surface area (Å²) in [6.45, 7) is 2.25. The van der Waals surface area contributed by atoms with E-state index in [1.807, 2.05) is 0 Å². The molecule has 3 amide bonds. The van der Waals surface area contributed by atoms with Gasteiger partial charge in [-0.1, -0.05) is 19.8 Å². The molecule has 2 fully saturated rings. The Morgan fingerprint density at radius 2 is 2.31 bits per heavy atom. The number of aliphatic hydroxyl groups is 1. The number of amides is 3. The van der Waals surface area contributed by atoms with Crippen molar-refractivity contribution in [2.24, 2.45) is 5.92 Å². The molecule has 2 unspecified atom stereocenters. The molecule has 1 aliphatic carbocycles. The van der Waals surface area contributed by atoms with Crippen LogP contribution in [0.5, 0.6) is 0 Å². The van der Waals surface area contributed by atoms with Crippen LogP contribution in [0, 0.1) is 5.92 Å². The molecule has 0 aromatic heterocycles. The highest BCUT2D eigenvalue weighted by Gasteiger charge is 2.53. The van der Waals surface area contributed by atoms with Gasteiger partial charge in [0.05, 0.1) is 6.61 Å². The van der Waals surface area contributed by atoms with Gasteiger partial charge in [0.15, 0.2) is 0 Å². The zero-order valence-corrected chi connectivity index (χ0v) is 9.53. The Morgan fingerprint density at radius 3 is 2.94 bits per heavy atom. The van der Waals surface area contributed by atoms with Gasteiger partial charge < -0.3 is 10.0 Å². The number of imide groups is 1. The molecular formula is C11H18N2O3. The van der Waals surface area contributed by atoms with Crippen molar-refractivity contribution in [3.05, 3.63) is 0 Å². The Hall–Kier alpha value is -1.10. The van der Waals surface area contributed by atoms with Gasteiger partial charge in [0.25, 0.3) is 5.91 Å². The number of hydrogen-bond donors (Lipinski definition) is 2. The second kappa shape index (κ2) is 4.05. The summed E-state index contributed by atoms with van der Waals surface area (Å²) in [5, 5.41) is 11.3. The number of carbonyl (C=O) groups is 2. The first-order valence-electron chi connectivity index (χ1n) is 5.84. The van der Waals surface area contributed by atoms with Crippen molar-refractivity contribution in [3.63, 3.8) is 0 Å². The zero-order valence-electron chi connectivity index (χ0n) is 9.53. The molecule has 2 atom stereocenters. The number of rotatable bonds is 2. The molecule has 1 saturated heterocycles. The lowest BCUT2D eigenvalue weighted by molar-refractivity contribution is -0.129. The van der Waals surface area contributed by atoms with Crippen LogP contribution in [0.25, 0.3) is 0 Å². The molecule has 0 aromatic rings. The maximum Gasteiger partial charge on any atom is 0.325 e. The molecule has 5 nitrogen and oxygen atoms in total. The standard InChI is InChI=1S/C11H18N2O3/c1-8-3-2-4-11(7-8)9(15)12-10(16)13(11)5-6-14/h8,14H,2-7H2,1H3,(H,12,15,16). The third-order valence-electron chi connectivity index (χ3n) is 3.70. The fourth-order valence-electron chi connectivity index (χ4n) is 2.99. The summed E-state index contributed by atoms with van der Waals surface area (Å²) in [5.74, 6) is 0.268. The average Bonchev–Trinajstić information content (AvgIpc) is 2.44. The van der Waals surface area contributed by atoms with E-state index in [1.54, 1.807) is 0 Å². The Labute approximate surface area is 94.8 Å². The summed E-state index contributed by atoms with van der Waals surface area (Å²) in [5.41, 5.74) is -0.683. The summed E-state index contributed by atoms with van der Waals surface area (Å²) < 4.78 is 0. The third-order valence-corrected chi connectivity index (χ3v) is 3.70. The van der Waals surface area contributed by atoms with Crippen molar-refractivity contribution in [2.75, 3.05) is 13.2 Å². The molecule has 1 spiro atoms. The fraction of sp³-hybridized carbons (Fsp3) is 0.818. The Kier molecular flexibility index (Phi) is 2.88. The summed E-state index contributed by atoms with van der Waals surface area (Å²) in [7, 11) is 0. The molecule has 2 N–H and O–H groups in total. The first-order chi connectivity index (χ1) is 7.60. The molecule has 1 heterocycles. The number of β-amino-alcohol motifs (C(OH)–C–C–N with tert-alkyl or cyclic N) is 1. The summed E-state index contributed by atoms with van der Waals surface area (Å²) in [4.78, 5) is 25.1. The first-order valence-corrected chi connectivity index (χ1v) is 5.84. The van der Waals surface area contributed by atoms with E-state index >= 15 is 0 Å². The molecule has 0 radical (unpaired) electrons. The molecule has 0 aromatic carbocycles. The van der Waals surface area contributed by atoms with Crippen LogP contribution in [-0.4, -0.2) is 40.6 Å². The van der Waals surface area contributed by atoms with Gasteiger partial charge in [-0.2, -0.15) is 0 Å². The van der Waals surface area contributed by atoms with E-state index in [2.05, 4.69) is 12.2 Å². The SMILES string of the molecule is CC1CCCC2(C1)C(=O)NC(=O)N2CCO. The third kappa shape index (κ3) is 1.59. The molecular weight excluding hydrogens is 208 g/mol. The van der Waals surface area contributed by atoms with Crippen LogP contribution in [0.3, 0.4) is 0 Å². The van der Waals surface area contributed by atoms with E-state index in [1.165, 1.54) is 4.90 Å². The minimum absolute atomic E-state index is 0.100. The summed E-state index contributed by atoms with van der Waals surface area (Å²) in [6, 6.07) is -0.354. The highest BCUT2D eigenvalue weighted by Crippen LogP contribution is 2.39. The fourth-order valence-corrected chi connectivity index (χ4v) is 2.99. The number of urea groups is 1. The van der Waals surface area contributed by atoms with Crippen LogP contribution < -0.4 is 5.32 Å². The van der Waals surface area contributed by atoms with Crippen molar-refractivity contribution >= 4 is 11.9 Å². The van der Waals surface area contributed by atoms with Crippen molar-refractivity contribution in [1.82, 2.24) is 10.2 Å². The van der Waals surface area contributed by atoms with E-state index < -0.39 is 5.54 Å². The van der Waals surface area contributed by atoms with Gasteiger partial charge in [-0.15, -0.1) is 0 Å². The Morgan fingerprint density at radius 1 is 1.56 bits per heavy atom. The van der Waals surface area contributed by atoms with Crippen LogP contribution in [-0.2, 0) is 4.79 Å². The molecule has 0 bridgehead atoms. The quantitative estimate of drug-likeness (QED) is 0.673. The number of hydrogen-bond acceptors (Lipinski definition) is 3. The van der Waals surface area contributed by atoms with Crippen LogP contribution in [0.2, 0.25) is 0 Å². The van der Waals surface area contributed by atoms with Crippen LogP contribution >= 0.6 is 0 Å². The van der Waals surface area contributed by atoms with E-state index in [4.69, 9.17) is 5.11 Å². The van der Waals surface area contributed by atoms with Crippen LogP contribution in [0.1, 0.15) is 32.6 Å². The summed E-state index contributed by atoms with van der Waals surface area (Å²) in [6.07, 6.45) is 3.50. The smallest absolute Gasteiger partial charge is 0.325 e. The Bertz CT molecular complexity index is 318. The minimum Gasteiger partial charge on any atom is -0.395 e. The topological polar surface area (TPSA) is 69.6 Å². The monoisotopic (exact) mass is 226 g/mol. The predicted octanol–water partition coefficient (Wildman–Crippen LogP) is 0.479. The lowest BCUT2D eigenvalue weighted by Gasteiger charge is -2.40. The van der Waals surface area contributed by atoms with Crippen LogP contribution in [0.4, 0.5) is 4.79 Å². The van der Waals surface area contributed by atoms with Crippen LogP contribution in [0.15, 0.2) is 0 Å². The Balaban J connectivity index is 2.27. The highest BCUT2D eigenvalue weighted by molar-refractivity contribution is 6.07. The van der Waals surface area contributed by atoms with Crippen molar-refractivity contribution in [1.29, 1.82) is 0 Å². The molecule has 2 aliphatic rings. The largest absolute Gasteiger partial charge is 0.395 e. The second-order valence-electron chi connectivity index (χ2n) is 4.87. The van der Waals surface area contributed by atoms with Gasteiger partial charge in [-0.3, -0.25) is 10.1 Å². The van der Waals surface area contributed by atoms with E-state index in [-0.39, 0.29) is 25.1 Å². The summed E-state index contributed by atoms with van der Waals surface area (Å²) >= 11 is 0. The van der Waals surface area contributed by atoms with E-state index in [0.717, 1.165) is 19.3 Å². The van der Waals surface area contributed by atoms with Crippen molar-refractivity contribution < 1.29 is 14.7 Å². The lowest BCUT2D eigenvalue weighted by Crippen LogP contribution is -2.53. The molecule has 16 heavy (non-hydrogen) atoms. The van der Waals surface area contributed by atoms with Gasteiger partial charge in [0.1, 0.15) is 5.54 Å². The average molecular weight is 226 g/mol. The highest BCUT2D eigenvalue weighted by atomic mass is 16.3. The number of nitrogens with zero attached hydrogens (tertiary/aromatic N) is 1. The van der Waals surface area contributed by atoms with E-state index in [0.29, 0.717) is 12.3 Å². The molecule has 90 valence electrons. The number of aliphatic hydroxyl groups excluding tert-OH is 1. The number of nitrogens with one attached hydrogen (secondary N) is 1. The van der Waals surface area contributed by atoms with Gasteiger partial charge in [0.2, 0.25) is 0 Å². The minimum atomic E-state index is -0.683. The zero-order chi connectivity index (χ0) is 11.8. The predicted molar refractivity (Wildman–Crippen MR) is 57.7 cm³/mol. The maximum atomic E-state index is 11.9. The van der Waals surface area contributed by atoms with Gasteiger partial charge >= 0.3 is 6.03 Å². The first kappa shape index (κ1) is 11.4. The maximum absolute atomic E-state index is 11.9. The molecule has 1 saturated carbocycles. The number of carbonyl (C=O) groups excluding carboxylic acids is 2. The van der Waals surface area contributed by atoms with Gasteiger partial charge in [-0.25, -0.2) is 4.79 Å². The normalized spacial score (nSPS) is 34.6. The second-order valence-corrected chi connectivity index (χ2v) is 4.87. The van der Waals surface area contributed by atoms with Crippen molar-refractivity contribution in [2.45, 2.75) is 38.1 Å². The molecule has 1 aliphatic heterocycles. The van der Waals surface area contributed by atoms with Crippen molar-refractivity contribution in [3.8, 4) is 0 Å². The molecule has 5 heteroatoms. The van der Waals surface area contributed by atoms with E-state index in [9.17, 15) is 9.59 Å².